The minimum Gasteiger partial charge on any atom is -0.756 e. The van der Waals surface area contributed by atoms with Crippen LogP contribution in [0.1, 0.15) is 6.23 Å². The van der Waals surface area contributed by atoms with Crippen molar-refractivity contribution in [2.45, 2.75) is 34.6 Å². The number of hydrogen-bond acceptors (Lipinski definition) is 11. The fourth-order valence-corrected chi connectivity index (χ4v) is 5.57. The van der Waals surface area contributed by atoms with Crippen molar-refractivity contribution in [2.75, 3.05) is 19.5 Å². The minimum absolute atomic E-state index is 0. The van der Waals surface area contributed by atoms with Crippen molar-refractivity contribution in [3.05, 3.63) is 35.6 Å². The molecule has 32 heavy (non-hydrogen) atoms. The SMILES string of the molecule is CO[C@H]1C(n2c(Sc3ccc(Cl)cc3)nc3c(N)ncnc32)O[C@@H]2COP(=O)([O-])O[C@H]21.[Na+]. The smallest absolute Gasteiger partial charge is 0.756 e. The summed E-state index contributed by atoms with van der Waals surface area (Å²) in [6.07, 6.45) is -1.78. The standard InChI is InChI=1S/C17H17ClN5O6PS.Na/c1-26-13-12-10(6-27-30(24,25)29-12)28-16(13)23-15-11(14(19)20-7-21-15)22-17(23)31-9-4-2-8(18)3-5-9;/h2-5,7,10,12-13,16H,6H2,1H3,(H,24,25)(H2,19,20,21);/q;+1/p-1/t10-,12-,13-,16?;/m1./s1. The largest absolute Gasteiger partial charge is 1.00 e. The van der Waals surface area contributed by atoms with Crippen LogP contribution in [0.15, 0.2) is 40.6 Å². The first kappa shape index (κ1) is 24.4. The van der Waals surface area contributed by atoms with Crippen molar-refractivity contribution >= 4 is 48.2 Å². The second-order valence-corrected chi connectivity index (χ2v) is 9.67. The van der Waals surface area contributed by atoms with Crippen molar-refractivity contribution in [3.63, 3.8) is 0 Å². The van der Waals surface area contributed by atoms with Crippen molar-refractivity contribution in [2.24, 2.45) is 0 Å². The summed E-state index contributed by atoms with van der Waals surface area (Å²) in [5, 5.41) is 1.11. The molecule has 2 saturated heterocycles. The summed E-state index contributed by atoms with van der Waals surface area (Å²) < 4.78 is 35.2. The predicted molar refractivity (Wildman–Crippen MR) is 108 cm³/mol. The van der Waals surface area contributed by atoms with Crippen molar-refractivity contribution in [3.8, 4) is 0 Å². The van der Waals surface area contributed by atoms with Gasteiger partial charge in [0.15, 0.2) is 28.4 Å². The molecule has 2 N–H and O–H groups in total. The van der Waals surface area contributed by atoms with E-state index in [9.17, 15) is 9.46 Å². The van der Waals surface area contributed by atoms with Crippen LogP contribution in [0.4, 0.5) is 5.82 Å². The van der Waals surface area contributed by atoms with E-state index in [-0.39, 0.29) is 42.0 Å². The number of rotatable bonds is 4. The van der Waals surface area contributed by atoms with Gasteiger partial charge in [-0.25, -0.2) is 15.0 Å². The summed E-state index contributed by atoms with van der Waals surface area (Å²) >= 11 is 7.33. The Hall–Kier alpha value is -0.760. The maximum Gasteiger partial charge on any atom is 1.00 e. The summed E-state index contributed by atoms with van der Waals surface area (Å²) in [5.41, 5.74) is 6.83. The summed E-state index contributed by atoms with van der Waals surface area (Å²) in [4.78, 5) is 25.6. The van der Waals surface area contributed by atoms with Gasteiger partial charge in [-0.2, -0.15) is 0 Å². The number of ether oxygens (including phenoxy) is 2. The molecule has 1 aromatic carbocycles. The molecule has 15 heteroatoms. The van der Waals surface area contributed by atoms with E-state index in [0.717, 1.165) is 4.90 Å². The molecule has 5 atom stereocenters. The first-order valence-electron chi connectivity index (χ1n) is 9.10. The number of fused-ring (bicyclic) bond motifs is 2. The summed E-state index contributed by atoms with van der Waals surface area (Å²) in [7, 11) is -2.99. The Morgan fingerprint density at radius 2 is 2.09 bits per heavy atom. The quantitative estimate of drug-likeness (QED) is 0.343. The molecule has 0 amide bonds. The van der Waals surface area contributed by atoms with E-state index in [4.69, 9.17) is 35.9 Å². The van der Waals surface area contributed by atoms with Crippen LogP contribution in [-0.4, -0.2) is 51.5 Å². The van der Waals surface area contributed by atoms with Gasteiger partial charge in [0.25, 0.3) is 7.82 Å². The second kappa shape index (κ2) is 9.47. The topological polar surface area (TPSA) is 147 Å². The minimum atomic E-state index is -4.44. The van der Waals surface area contributed by atoms with Gasteiger partial charge in [-0.1, -0.05) is 23.4 Å². The Morgan fingerprint density at radius 1 is 1.34 bits per heavy atom. The van der Waals surface area contributed by atoms with Crippen molar-refractivity contribution in [1.82, 2.24) is 19.5 Å². The number of anilines is 1. The van der Waals surface area contributed by atoms with Crippen LogP contribution >= 0.6 is 31.2 Å². The second-order valence-electron chi connectivity index (χ2n) is 6.83. The molecule has 2 fully saturated rings. The molecule has 2 aromatic heterocycles. The number of aromatic nitrogens is 4. The number of benzene rings is 1. The van der Waals surface area contributed by atoms with Crippen LogP contribution in [0.5, 0.6) is 0 Å². The zero-order chi connectivity index (χ0) is 21.8. The number of phosphoric acid groups is 1. The average molecular weight is 508 g/mol. The van der Waals surface area contributed by atoms with E-state index in [1.54, 1.807) is 16.7 Å². The number of nitrogens with zero attached hydrogens (tertiary/aromatic N) is 4. The zero-order valence-electron chi connectivity index (χ0n) is 17.0. The Balaban J connectivity index is 0.00000245. The summed E-state index contributed by atoms with van der Waals surface area (Å²) in [5.74, 6) is 0.203. The monoisotopic (exact) mass is 507 g/mol. The summed E-state index contributed by atoms with van der Waals surface area (Å²) in [6.45, 7) is -0.175. The molecule has 0 saturated carbocycles. The fourth-order valence-electron chi connectivity index (χ4n) is 3.59. The molecule has 11 nitrogen and oxygen atoms in total. The number of methoxy groups -OCH3 is 1. The Bertz CT molecular complexity index is 1190. The van der Waals surface area contributed by atoms with Gasteiger partial charge in [0, 0.05) is 17.0 Å². The number of nitrogen functional groups attached to an aromatic ring is 1. The molecule has 164 valence electrons. The normalized spacial score (nSPS) is 29.6. The van der Waals surface area contributed by atoms with E-state index in [1.807, 2.05) is 12.1 Å². The number of phosphoric ester groups is 1. The van der Waals surface area contributed by atoms with Gasteiger partial charge in [-0.3, -0.25) is 9.13 Å². The molecular weight excluding hydrogens is 492 g/mol. The van der Waals surface area contributed by atoms with Crippen molar-refractivity contribution in [1.29, 1.82) is 0 Å². The molecule has 2 unspecified atom stereocenters. The fraction of sp³-hybridized carbons (Fsp3) is 0.353. The molecular formula is C17H16ClN5NaO6PS. The van der Waals surface area contributed by atoms with E-state index in [1.165, 1.54) is 25.2 Å². The molecule has 2 aliphatic rings. The van der Waals surface area contributed by atoms with Crippen LogP contribution in [-0.2, 0) is 23.1 Å². The number of halogens is 1. The third kappa shape index (κ3) is 4.47. The van der Waals surface area contributed by atoms with Gasteiger partial charge in [0.2, 0.25) is 0 Å². The first-order valence-corrected chi connectivity index (χ1v) is 11.8. The number of imidazole rings is 1. The molecule has 0 aliphatic carbocycles. The Morgan fingerprint density at radius 3 is 2.81 bits per heavy atom. The Kier molecular flexibility index (Phi) is 7.21. The molecule has 5 rings (SSSR count). The first-order chi connectivity index (χ1) is 14.9. The average Bonchev–Trinajstić information content (AvgIpc) is 3.26. The van der Waals surface area contributed by atoms with Crippen LogP contribution in [0.25, 0.3) is 11.2 Å². The molecule has 0 bridgehead atoms. The van der Waals surface area contributed by atoms with Crippen LogP contribution in [0.2, 0.25) is 5.02 Å². The van der Waals surface area contributed by atoms with E-state index in [2.05, 4.69) is 15.0 Å². The van der Waals surface area contributed by atoms with E-state index < -0.39 is 32.4 Å². The molecule has 2 aliphatic heterocycles. The predicted octanol–water partition coefficient (Wildman–Crippen LogP) is -0.987. The molecule has 4 heterocycles. The third-order valence-electron chi connectivity index (χ3n) is 4.96. The maximum absolute atomic E-state index is 11.8. The summed E-state index contributed by atoms with van der Waals surface area (Å²) in [6, 6.07) is 7.22. The third-order valence-corrected chi connectivity index (χ3v) is 7.15. The Labute approximate surface area is 213 Å². The maximum atomic E-state index is 11.8. The van der Waals surface area contributed by atoms with Gasteiger partial charge in [-0.05, 0) is 24.3 Å². The zero-order valence-corrected chi connectivity index (χ0v) is 21.4. The number of nitrogens with two attached hydrogens (primary N) is 1. The molecule has 3 aromatic rings. The van der Waals surface area contributed by atoms with Crippen molar-refractivity contribution < 1.29 is 57.5 Å². The van der Waals surface area contributed by atoms with Crippen LogP contribution < -0.4 is 40.2 Å². The van der Waals surface area contributed by atoms with E-state index >= 15 is 0 Å². The molecule has 0 spiro atoms. The van der Waals surface area contributed by atoms with Gasteiger partial charge in [0.05, 0.1) is 6.61 Å². The van der Waals surface area contributed by atoms with Crippen LogP contribution in [0, 0.1) is 0 Å². The number of hydrogen-bond donors (Lipinski definition) is 1. The van der Waals surface area contributed by atoms with Gasteiger partial charge >= 0.3 is 29.6 Å². The van der Waals surface area contributed by atoms with E-state index in [0.29, 0.717) is 21.3 Å². The van der Waals surface area contributed by atoms with Gasteiger partial charge in [-0.15, -0.1) is 0 Å². The van der Waals surface area contributed by atoms with Gasteiger partial charge in [0.1, 0.15) is 24.6 Å². The van der Waals surface area contributed by atoms with Crippen LogP contribution in [0.3, 0.4) is 0 Å². The molecule has 0 radical (unpaired) electrons. The van der Waals surface area contributed by atoms with Gasteiger partial charge < -0.3 is 29.1 Å².